The SMILES string of the molecule is COc1cccc(N(CC(=O)NC(C)(C)C)C(=O)[C@H]2CSC(=O)C2)c1. The fraction of sp³-hybridized carbons (Fsp3) is 0.500. The zero-order chi connectivity index (χ0) is 18.6. The van der Waals surface area contributed by atoms with Crippen LogP contribution in [0, 0.1) is 5.92 Å². The van der Waals surface area contributed by atoms with Gasteiger partial charge < -0.3 is 15.0 Å². The van der Waals surface area contributed by atoms with E-state index in [9.17, 15) is 14.4 Å². The molecule has 1 atom stereocenters. The minimum atomic E-state index is -0.397. The van der Waals surface area contributed by atoms with E-state index in [1.54, 1.807) is 31.4 Å². The summed E-state index contributed by atoms with van der Waals surface area (Å²) in [4.78, 5) is 38.3. The Bertz CT molecular complexity index is 669. The summed E-state index contributed by atoms with van der Waals surface area (Å²) in [6.45, 7) is 5.55. The predicted molar refractivity (Wildman–Crippen MR) is 98.8 cm³/mol. The first-order chi connectivity index (χ1) is 11.7. The quantitative estimate of drug-likeness (QED) is 0.867. The third-order valence-electron chi connectivity index (χ3n) is 3.65. The second-order valence-electron chi connectivity index (χ2n) is 7.01. The lowest BCUT2D eigenvalue weighted by Gasteiger charge is -2.27. The summed E-state index contributed by atoms with van der Waals surface area (Å²) >= 11 is 1.17. The van der Waals surface area contributed by atoms with Crippen LogP contribution in [0.25, 0.3) is 0 Å². The number of nitrogens with one attached hydrogen (secondary N) is 1. The van der Waals surface area contributed by atoms with Crippen molar-refractivity contribution in [3.63, 3.8) is 0 Å². The zero-order valence-corrected chi connectivity index (χ0v) is 15.8. The molecule has 2 amide bonds. The molecule has 1 aromatic rings. The third-order valence-corrected chi connectivity index (χ3v) is 4.71. The molecule has 0 aliphatic carbocycles. The molecular formula is C18H24N2O4S. The molecule has 0 bridgehead atoms. The van der Waals surface area contributed by atoms with Gasteiger partial charge in [-0.2, -0.15) is 0 Å². The van der Waals surface area contributed by atoms with E-state index in [0.29, 0.717) is 17.2 Å². The highest BCUT2D eigenvalue weighted by molar-refractivity contribution is 8.14. The monoisotopic (exact) mass is 364 g/mol. The molecule has 136 valence electrons. The van der Waals surface area contributed by atoms with Gasteiger partial charge in [0.05, 0.1) is 13.0 Å². The lowest BCUT2D eigenvalue weighted by atomic mass is 10.1. The van der Waals surface area contributed by atoms with Crippen LogP contribution in [-0.4, -0.2) is 41.9 Å². The Kier molecular flexibility index (Phi) is 6.11. The Hall–Kier alpha value is -2.02. The van der Waals surface area contributed by atoms with Gasteiger partial charge in [-0.05, 0) is 32.9 Å². The molecule has 0 saturated carbocycles. The average Bonchev–Trinajstić information content (AvgIpc) is 2.97. The van der Waals surface area contributed by atoms with Crippen molar-refractivity contribution in [1.29, 1.82) is 0 Å². The topological polar surface area (TPSA) is 75.7 Å². The Morgan fingerprint density at radius 3 is 2.64 bits per heavy atom. The van der Waals surface area contributed by atoms with Gasteiger partial charge in [0, 0.05) is 29.5 Å². The Balaban J connectivity index is 2.25. The molecule has 0 spiro atoms. The molecule has 1 aliphatic heterocycles. The Labute approximate surface area is 152 Å². The van der Waals surface area contributed by atoms with Gasteiger partial charge in [0.25, 0.3) is 0 Å². The fourth-order valence-electron chi connectivity index (χ4n) is 2.57. The predicted octanol–water partition coefficient (Wildman–Crippen LogP) is 2.22. The van der Waals surface area contributed by atoms with Crippen LogP contribution in [0.1, 0.15) is 27.2 Å². The molecule has 0 unspecified atom stereocenters. The molecule has 25 heavy (non-hydrogen) atoms. The first-order valence-electron chi connectivity index (χ1n) is 8.11. The van der Waals surface area contributed by atoms with Crippen molar-refractivity contribution >= 4 is 34.4 Å². The van der Waals surface area contributed by atoms with E-state index in [2.05, 4.69) is 5.32 Å². The van der Waals surface area contributed by atoms with Crippen molar-refractivity contribution in [2.24, 2.45) is 5.92 Å². The molecule has 1 N–H and O–H groups in total. The van der Waals surface area contributed by atoms with Crippen LogP contribution >= 0.6 is 11.8 Å². The van der Waals surface area contributed by atoms with Crippen LogP contribution in [0.4, 0.5) is 5.69 Å². The summed E-state index contributed by atoms with van der Waals surface area (Å²) in [7, 11) is 1.55. The average molecular weight is 364 g/mol. The number of hydrogen-bond acceptors (Lipinski definition) is 5. The van der Waals surface area contributed by atoms with Gasteiger partial charge in [0.1, 0.15) is 12.3 Å². The largest absolute Gasteiger partial charge is 0.497 e. The lowest BCUT2D eigenvalue weighted by Crippen LogP contribution is -2.48. The molecule has 2 rings (SSSR count). The van der Waals surface area contributed by atoms with Crippen molar-refractivity contribution in [1.82, 2.24) is 5.32 Å². The number of carbonyl (C=O) groups is 3. The van der Waals surface area contributed by atoms with Crippen molar-refractivity contribution in [2.75, 3.05) is 24.3 Å². The number of ether oxygens (including phenoxy) is 1. The highest BCUT2D eigenvalue weighted by Crippen LogP contribution is 2.29. The maximum atomic E-state index is 12.9. The van der Waals surface area contributed by atoms with E-state index < -0.39 is 5.92 Å². The number of rotatable bonds is 5. The van der Waals surface area contributed by atoms with Gasteiger partial charge in [0.2, 0.25) is 11.8 Å². The number of carbonyl (C=O) groups excluding carboxylic acids is 3. The minimum Gasteiger partial charge on any atom is -0.497 e. The molecule has 1 heterocycles. The molecule has 1 saturated heterocycles. The van der Waals surface area contributed by atoms with Crippen LogP contribution in [-0.2, 0) is 14.4 Å². The summed E-state index contributed by atoms with van der Waals surface area (Å²) in [5.41, 5.74) is 0.192. The lowest BCUT2D eigenvalue weighted by molar-refractivity contribution is -0.126. The van der Waals surface area contributed by atoms with E-state index in [1.807, 2.05) is 20.8 Å². The number of benzene rings is 1. The van der Waals surface area contributed by atoms with Gasteiger partial charge >= 0.3 is 0 Å². The maximum Gasteiger partial charge on any atom is 0.240 e. The van der Waals surface area contributed by atoms with Gasteiger partial charge in [0.15, 0.2) is 5.12 Å². The molecular weight excluding hydrogens is 340 g/mol. The second kappa shape index (κ2) is 7.91. The van der Waals surface area contributed by atoms with E-state index >= 15 is 0 Å². The normalized spacial score (nSPS) is 17.3. The molecule has 1 fully saturated rings. The standard InChI is InChI=1S/C18H24N2O4S/c1-18(2,3)19-15(21)10-20(13-6-5-7-14(9-13)24-4)17(23)12-8-16(22)25-11-12/h5-7,9,12H,8,10-11H2,1-4H3,(H,19,21)/t12-/m1/s1. The second-order valence-corrected chi connectivity index (χ2v) is 8.09. The summed E-state index contributed by atoms with van der Waals surface area (Å²) in [6.07, 6.45) is 0.213. The van der Waals surface area contributed by atoms with Crippen molar-refractivity contribution < 1.29 is 19.1 Å². The minimum absolute atomic E-state index is 0.0167. The molecule has 0 radical (unpaired) electrons. The van der Waals surface area contributed by atoms with Crippen molar-refractivity contribution in [3.05, 3.63) is 24.3 Å². The van der Waals surface area contributed by atoms with Crippen molar-refractivity contribution in [2.45, 2.75) is 32.7 Å². The van der Waals surface area contributed by atoms with Crippen LogP contribution in [0.2, 0.25) is 0 Å². The first-order valence-corrected chi connectivity index (χ1v) is 9.10. The van der Waals surface area contributed by atoms with Crippen LogP contribution in [0.15, 0.2) is 24.3 Å². The van der Waals surface area contributed by atoms with Gasteiger partial charge in [-0.25, -0.2) is 0 Å². The molecule has 6 nitrogen and oxygen atoms in total. The van der Waals surface area contributed by atoms with Crippen LogP contribution in [0.3, 0.4) is 0 Å². The maximum absolute atomic E-state index is 12.9. The van der Waals surface area contributed by atoms with Gasteiger partial charge in [-0.15, -0.1) is 0 Å². The summed E-state index contributed by atoms with van der Waals surface area (Å²) < 4.78 is 5.22. The summed E-state index contributed by atoms with van der Waals surface area (Å²) in [5.74, 6) is 0.199. The highest BCUT2D eigenvalue weighted by atomic mass is 32.2. The molecule has 1 aromatic carbocycles. The summed E-state index contributed by atoms with van der Waals surface area (Å²) in [5, 5.41) is 2.88. The van der Waals surface area contributed by atoms with E-state index in [0.717, 1.165) is 0 Å². The third kappa shape index (κ3) is 5.49. The molecule has 1 aliphatic rings. The van der Waals surface area contributed by atoms with E-state index in [-0.39, 0.29) is 35.4 Å². The van der Waals surface area contributed by atoms with Gasteiger partial charge in [-0.3, -0.25) is 14.4 Å². The smallest absolute Gasteiger partial charge is 0.240 e. The van der Waals surface area contributed by atoms with Gasteiger partial charge in [-0.1, -0.05) is 17.8 Å². The van der Waals surface area contributed by atoms with Crippen molar-refractivity contribution in [3.8, 4) is 5.75 Å². The zero-order valence-electron chi connectivity index (χ0n) is 15.0. The molecule has 0 aromatic heterocycles. The Morgan fingerprint density at radius 2 is 2.08 bits per heavy atom. The van der Waals surface area contributed by atoms with Crippen LogP contribution < -0.4 is 15.0 Å². The number of thioether (sulfide) groups is 1. The summed E-state index contributed by atoms with van der Waals surface area (Å²) in [6, 6.07) is 7.02. The number of amides is 2. The van der Waals surface area contributed by atoms with E-state index in [1.165, 1.54) is 16.7 Å². The van der Waals surface area contributed by atoms with E-state index in [4.69, 9.17) is 4.74 Å². The number of anilines is 1. The Morgan fingerprint density at radius 1 is 1.36 bits per heavy atom. The fourth-order valence-corrected chi connectivity index (χ4v) is 3.53. The first kappa shape index (κ1) is 19.3. The number of hydrogen-bond donors (Lipinski definition) is 1. The van der Waals surface area contributed by atoms with Crippen LogP contribution in [0.5, 0.6) is 5.75 Å². The highest BCUT2D eigenvalue weighted by Gasteiger charge is 2.34. The molecule has 7 heteroatoms. The number of nitrogens with zero attached hydrogens (tertiary/aromatic N) is 1. The number of methoxy groups -OCH3 is 1.